The molecule has 6 fully saturated rings. The van der Waals surface area contributed by atoms with Crippen LogP contribution < -0.4 is 16.0 Å². The van der Waals surface area contributed by atoms with E-state index in [-0.39, 0.29) is 0 Å². The summed E-state index contributed by atoms with van der Waals surface area (Å²) in [6, 6.07) is -5.26. The van der Waals surface area contributed by atoms with Gasteiger partial charge in [-0.2, -0.15) is 0 Å². The molecule has 6 aliphatic rings. The molecule has 31 atom stereocenters. The molecule has 0 spiro atoms. The molecular weight excluding hydrogens is 1130 g/mol. The summed E-state index contributed by atoms with van der Waals surface area (Å²) in [5, 5.41) is 211. The predicted molar refractivity (Wildman–Crippen MR) is 251 cm³/mol. The van der Waals surface area contributed by atoms with Gasteiger partial charge in [0.15, 0.2) is 31.5 Å². The van der Waals surface area contributed by atoms with Gasteiger partial charge in [-0.15, -0.1) is 0 Å². The second-order valence-corrected chi connectivity index (χ2v) is 20.4. The highest BCUT2D eigenvalue weighted by Gasteiger charge is 2.60. The number of carbonyl (C=O) groups is 4. The minimum absolute atomic E-state index is 0.829. The molecule has 0 aromatic carbocycles. The minimum atomic E-state index is -3.05. The Balaban J connectivity index is 1.20. The van der Waals surface area contributed by atoms with Crippen LogP contribution in [0.25, 0.3) is 0 Å². The highest BCUT2D eigenvalue weighted by molar-refractivity contribution is 5.78. The van der Waals surface area contributed by atoms with E-state index in [0.29, 0.717) is 0 Å². The summed E-state index contributed by atoms with van der Waals surface area (Å²) >= 11 is 0. The van der Waals surface area contributed by atoms with Crippen molar-refractivity contribution < 1.29 is 168 Å². The second kappa shape index (κ2) is 28.9. The Kier molecular flexibility index (Phi) is 23.9. The molecule has 37 heteroatoms. The number of carbonyl (C=O) groups excluding carboxylic acids is 3. The summed E-state index contributed by atoms with van der Waals surface area (Å²) in [6.45, 7) is -3.32. The standard InChI is InChI=1S/C45H75N3O34/c1-11-24(59)29(64)31(66)41(73-11)80-36-23(47-13(3)55)40(75-16(6-50)26(36)61)81-38-27(62)17(7-51)76-43(33(38)68)78-34-18(8-52)77-42(32(67)30(34)65)79-35-22(46-12(2)54)39(69)74-19(28(35)63)10-72-45(44(70)71)4-14(56)21(48-20(58)9-53)37(82-45)25(60)15(57)5-49/h11,14-19,21-43,49-53,56-57,59-69H,4-10H2,1-3H3,(H,46,54)(H,47,55)(H,48,58)(H,70,71)/t11-,14-,15+,16+,17+,18+,19+,21+,22+,23+,24+,25+,26-,27-,28-,29+,30+,31-,32+,33+,34-,35+,36+,37+,38-,39?,40-,41-,42-,43-,45+/m0/s1. The van der Waals surface area contributed by atoms with Crippen molar-refractivity contribution >= 4 is 23.7 Å². The lowest BCUT2D eigenvalue weighted by molar-refractivity contribution is -0.386. The van der Waals surface area contributed by atoms with E-state index in [2.05, 4.69) is 16.0 Å². The van der Waals surface area contributed by atoms with Gasteiger partial charge in [0.2, 0.25) is 17.7 Å². The molecule has 6 saturated heterocycles. The van der Waals surface area contributed by atoms with Gasteiger partial charge in [-0.25, -0.2) is 4.79 Å². The maximum absolute atomic E-state index is 12.8. The number of hydrogen-bond donors (Lipinski definition) is 22. The number of carboxylic acid groups (broad SMARTS) is 1. The first-order valence-electron chi connectivity index (χ1n) is 25.8. The van der Waals surface area contributed by atoms with Crippen molar-refractivity contribution in [2.45, 2.75) is 217 Å². The molecule has 1 unspecified atom stereocenters. The van der Waals surface area contributed by atoms with E-state index in [0.717, 1.165) is 13.8 Å². The predicted octanol–water partition coefficient (Wildman–Crippen LogP) is -14.5. The molecule has 0 aromatic rings. The number of nitrogens with one attached hydrogen (secondary N) is 3. The zero-order chi connectivity index (χ0) is 61.0. The summed E-state index contributed by atoms with van der Waals surface area (Å²) in [7, 11) is 0. The van der Waals surface area contributed by atoms with Gasteiger partial charge in [-0.1, -0.05) is 0 Å². The number of amides is 3. The number of ether oxygens (including phenoxy) is 11. The van der Waals surface area contributed by atoms with Crippen molar-refractivity contribution in [3.05, 3.63) is 0 Å². The highest BCUT2D eigenvalue weighted by atomic mass is 16.8. The van der Waals surface area contributed by atoms with Crippen LogP contribution in [0.4, 0.5) is 0 Å². The van der Waals surface area contributed by atoms with Gasteiger partial charge < -0.3 is 165 Å². The molecule has 6 aliphatic heterocycles. The van der Waals surface area contributed by atoms with E-state index in [9.17, 15) is 116 Å². The van der Waals surface area contributed by atoms with E-state index in [1.807, 2.05) is 0 Å². The molecule has 0 aromatic heterocycles. The molecule has 82 heavy (non-hydrogen) atoms. The second-order valence-electron chi connectivity index (χ2n) is 20.4. The third-order valence-corrected chi connectivity index (χ3v) is 14.7. The Hall–Kier alpha value is -3.28. The minimum Gasteiger partial charge on any atom is -0.477 e. The van der Waals surface area contributed by atoms with E-state index < -0.39 is 259 Å². The van der Waals surface area contributed by atoms with Crippen LogP contribution in [0, 0.1) is 0 Å². The van der Waals surface area contributed by atoms with Gasteiger partial charge in [-0.05, 0) is 6.92 Å². The van der Waals surface area contributed by atoms with Gasteiger partial charge in [0.25, 0.3) is 5.79 Å². The Labute approximate surface area is 463 Å². The molecule has 6 rings (SSSR count). The molecule has 37 nitrogen and oxygen atoms in total. The summed E-state index contributed by atoms with van der Waals surface area (Å²) in [4.78, 5) is 49.9. The summed E-state index contributed by atoms with van der Waals surface area (Å²) in [5.41, 5.74) is 0. The van der Waals surface area contributed by atoms with Crippen molar-refractivity contribution in [1.82, 2.24) is 16.0 Å². The molecule has 0 aliphatic carbocycles. The number of aliphatic hydroxyl groups excluding tert-OH is 18. The first kappa shape index (κ1) is 67.8. The average molecular weight is 1200 g/mol. The number of hydrogen-bond acceptors (Lipinski definition) is 33. The maximum atomic E-state index is 12.8. The van der Waals surface area contributed by atoms with E-state index in [1.165, 1.54) is 6.92 Å². The first-order valence-corrected chi connectivity index (χ1v) is 25.8. The molecule has 0 bridgehead atoms. The van der Waals surface area contributed by atoms with E-state index >= 15 is 0 Å². The smallest absolute Gasteiger partial charge is 0.364 e. The van der Waals surface area contributed by atoms with Crippen molar-refractivity contribution in [2.24, 2.45) is 0 Å². The molecule has 474 valence electrons. The number of aliphatic carboxylic acids is 1. The van der Waals surface area contributed by atoms with Gasteiger partial charge >= 0.3 is 5.97 Å². The first-order chi connectivity index (χ1) is 38.6. The highest BCUT2D eigenvalue weighted by Crippen LogP contribution is 2.38. The fraction of sp³-hybridized carbons (Fsp3) is 0.911. The number of aliphatic hydroxyl groups is 18. The zero-order valence-corrected chi connectivity index (χ0v) is 43.9. The summed E-state index contributed by atoms with van der Waals surface area (Å²) in [5.74, 6) is -7.93. The Bertz CT molecular complexity index is 2090. The van der Waals surface area contributed by atoms with Crippen LogP contribution in [0.2, 0.25) is 0 Å². The Morgan fingerprint density at radius 1 is 0.537 bits per heavy atom. The lowest BCUT2D eigenvalue weighted by Crippen LogP contribution is -2.70. The quantitative estimate of drug-likeness (QED) is 0.0479. The van der Waals surface area contributed by atoms with Gasteiger partial charge in [0.05, 0.1) is 51.3 Å². The van der Waals surface area contributed by atoms with Crippen LogP contribution in [-0.2, 0) is 71.3 Å². The van der Waals surface area contributed by atoms with Crippen LogP contribution in [-0.4, -0.2) is 350 Å². The SMILES string of the molecule is CC(=O)N[C@H]1[C@H](O[C@H]2[C@@H](O)[C@@H](CO)O[C@@H](O[C@@H]3[C@H](O)[C@@H](O)[C@H](O[C@H]4[C@@H](O)[C@@H](CO[C@]5(C(=O)O)C[C@H](O)[C@@H](NC(=O)CO)[C@H]([C@H](O)[C@H](O)CO)O5)OC(O)[C@@H]4NC(C)=O)O[C@@H]3CO)[C@@H]2O)O[C@H](CO)[C@H](O)[C@@H]1O[C@@H]1O[C@@H](C)[C@@H](O)[C@@H](O)[C@@H]1O. The summed E-state index contributed by atoms with van der Waals surface area (Å²) < 4.78 is 62.7. The monoisotopic (exact) mass is 1200 g/mol. The van der Waals surface area contributed by atoms with Crippen molar-refractivity contribution in [2.75, 3.05) is 39.6 Å². The van der Waals surface area contributed by atoms with Crippen LogP contribution in [0.5, 0.6) is 0 Å². The molecule has 3 amide bonds. The number of rotatable bonds is 22. The maximum Gasteiger partial charge on any atom is 0.364 e. The van der Waals surface area contributed by atoms with Gasteiger partial charge in [0, 0.05) is 20.3 Å². The zero-order valence-electron chi connectivity index (χ0n) is 43.9. The van der Waals surface area contributed by atoms with Crippen LogP contribution in [0.15, 0.2) is 0 Å². The normalized spacial score (nSPS) is 46.3. The molecular formula is C45H75N3O34. The largest absolute Gasteiger partial charge is 0.477 e. The number of carboxylic acids is 1. The lowest BCUT2D eigenvalue weighted by atomic mass is 9.88. The molecule has 0 radical (unpaired) electrons. The van der Waals surface area contributed by atoms with Crippen molar-refractivity contribution in [1.29, 1.82) is 0 Å². The fourth-order valence-corrected chi connectivity index (χ4v) is 10.3. The van der Waals surface area contributed by atoms with Gasteiger partial charge in [-0.3, -0.25) is 14.4 Å². The van der Waals surface area contributed by atoms with Crippen LogP contribution >= 0.6 is 0 Å². The topological polar surface area (TPSA) is 590 Å². The van der Waals surface area contributed by atoms with Crippen LogP contribution in [0.1, 0.15) is 27.2 Å². The molecule has 22 N–H and O–H groups in total. The van der Waals surface area contributed by atoms with Crippen molar-refractivity contribution in [3.8, 4) is 0 Å². The van der Waals surface area contributed by atoms with Crippen LogP contribution in [0.3, 0.4) is 0 Å². The Morgan fingerprint density at radius 2 is 1.02 bits per heavy atom. The van der Waals surface area contributed by atoms with Gasteiger partial charge in [0.1, 0.15) is 141 Å². The lowest BCUT2D eigenvalue weighted by Gasteiger charge is -2.50. The summed E-state index contributed by atoms with van der Waals surface area (Å²) in [6.07, 6.45) is -54.4. The third kappa shape index (κ3) is 14.7. The fourth-order valence-electron chi connectivity index (χ4n) is 10.3. The average Bonchev–Trinajstić information content (AvgIpc) is 2.98. The molecule has 0 saturated carbocycles. The van der Waals surface area contributed by atoms with E-state index in [4.69, 9.17) is 52.1 Å². The van der Waals surface area contributed by atoms with E-state index in [1.54, 1.807) is 0 Å². The van der Waals surface area contributed by atoms with Crippen molar-refractivity contribution in [3.63, 3.8) is 0 Å². The molecule has 6 heterocycles. The Morgan fingerprint density at radius 3 is 1.59 bits per heavy atom. The third-order valence-electron chi connectivity index (χ3n) is 14.7.